The van der Waals surface area contributed by atoms with Gasteiger partial charge in [-0.1, -0.05) is 0 Å². The Kier molecular flexibility index (Phi) is 5.04. The summed E-state index contributed by atoms with van der Waals surface area (Å²) in [6, 6.07) is 2.05. The lowest BCUT2D eigenvalue weighted by Crippen LogP contribution is -2.22. The molecule has 6 nitrogen and oxygen atoms in total. The summed E-state index contributed by atoms with van der Waals surface area (Å²) < 4.78 is 10.3. The Morgan fingerprint density at radius 2 is 2.38 bits per heavy atom. The monoisotopic (exact) mass is 309 g/mol. The van der Waals surface area contributed by atoms with Crippen LogP contribution in [0.3, 0.4) is 0 Å². The Morgan fingerprint density at radius 1 is 1.62 bits per heavy atom. The van der Waals surface area contributed by atoms with Crippen molar-refractivity contribution in [2.45, 2.75) is 13.3 Å². The van der Waals surface area contributed by atoms with E-state index in [-0.39, 0.29) is 12.3 Å². The molecule has 2 heterocycles. The minimum Gasteiger partial charge on any atom is -0.462 e. The zero-order valence-corrected chi connectivity index (χ0v) is 13.0. The molecule has 1 aliphatic heterocycles. The number of nitrogens with two attached hydrogens (primary N) is 1. The number of nitrogens with zero attached hydrogens (tertiary/aromatic N) is 2. The lowest BCUT2D eigenvalue weighted by atomic mass is 10.1. The van der Waals surface area contributed by atoms with Crippen LogP contribution in [0.15, 0.2) is 0 Å². The smallest absolute Gasteiger partial charge is 0.343 e. The molecule has 0 aliphatic carbocycles. The molecule has 0 radical (unpaired) electrons. The molecule has 2 rings (SSSR count). The average molecular weight is 309 g/mol. The standard InChI is InChI=1S/C14H19N3O3S/c1-3-20-14(18)11-12(16)10(6-15)21-13(11)17-5-4-9(7-17)8-19-2/h9H,3-5,7-8,16H2,1-2H3. The molecule has 1 unspecified atom stereocenters. The van der Waals surface area contributed by atoms with Crippen molar-refractivity contribution in [2.24, 2.45) is 5.92 Å². The number of anilines is 2. The maximum absolute atomic E-state index is 12.1. The van der Waals surface area contributed by atoms with Gasteiger partial charge in [-0.15, -0.1) is 11.3 Å². The molecule has 7 heteroatoms. The highest BCUT2D eigenvalue weighted by molar-refractivity contribution is 7.17. The first-order chi connectivity index (χ1) is 10.1. The van der Waals surface area contributed by atoms with E-state index in [1.165, 1.54) is 11.3 Å². The van der Waals surface area contributed by atoms with Crippen LogP contribution in [0.4, 0.5) is 10.7 Å². The lowest BCUT2D eigenvalue weighted by Gasteiger charge is -2.18. The minimum absolute atomic E-state index is 0.228. The van der Waals surface area contributed by atoms with Gasteiger partial charge in [-0.25, -0.2) is 4.79 Å². The van der Waals surface area contributed by atoms with Crippen LogP contribution in [0.2, 0.25) is 0 Å². The van der Waals surface area contributed by atoms with Crippen LogP contribution in [0.25, 0.3) is 0 Å². The van der Waals surface area contributed by atoms with E-state index in [1.54, 1.807) is 14.0 Å². The van der Waals surface area contributed by atoms with Gasteiger partial charge in [0.15, 0.2) is 0 Å². The van der Waals surface area contributed by atoms with Crippen LogP contribution in [0, 0.1) is 17.2 Å². The number of nitrogen functional groups attached to an aromatic ring is 1. The Morgan fingerprint density at radius 3 is 3.00 bits per heavy atom. The number of thiophene rings is 1. The van der Waals surface area contributed by atoms with E-state index in [1.807, 2.05) is 6.07 Å². The number of esters is 1. The predicted molar refractivity (Wildman–Crippen MR) is 81.6 cm³/mol. The molecular weight excluding hydrogens is 290 g/mol. The molecule has 1 aliphatic rings. The fraction of sp³-hybridized carbons (Fsp3) is 0.571. The van der Waals surface area contributed by atoms with Crippen molar-refractivity contribution in [1.29, 1.82) is 5.26 Å². The minimum atomic E-state index is -0.460. The average Bonchev–Trinajstić information content (AvgIpc) is 3.03. The normalized spacial score (nSPS) is 17.8. The highest BCUT2D eigenvalue weighted by Crippen LogP contribution is 2.40. The number of carbonyl (C=O) groups excluding carboxylic acids is 1. The van der Waals surface area contributed by atoms with Crippen LogP contribution < -0.4 is 10.6 Å². The maximum Gasteiger partial charge on any atom is 0.343 e. The van der Waals surface area contributed by atoms with Gasteiger partial charge in [0, 0.05) is 26.1 Å². The Balaban J connectivity index is 2.31. The summed E-state index contributed by atoms with van der Waals surface area (Å²) in [7, 11) is 1.68. The number of hydrogen-bond acceptors (Lipinski definition) is 7. The highest BCUT2D eigenvalue weighted by atomic mass is 32.1. The first kappa shape index (κ1) is 15.6. The molecule has 1 fully saturated rings. The van der Waals surface area contributed by atoms with Crippen LogP contribution in [0.1, 0.15) is 28.6 Å². The van der Waals surface area contributed by atoms with Gasteiger partial charge in [0.2, 0.25) is 0 Å². The van der Waals surface area contributed by atoms with Gasteiger partial charge >= 0.3 is 5.97 Å². The first-order valence-corrected chi connectivity index (χ1v) is 7.67. The van der Waals surface area contributed by atoms with E-state index in [2.05, 4.69) is 4.90 Å². The third kappa shape index (κ3) is 3.12. The molecule has 1 atom stereocenters. The molecule has 0 spiro atoms. The predicted octanol–water partition coefficient (Wildman–Crippen LogP) is 1.85. The zero-order chi connectivity index (χ0) is 15.4. The number of ether oxygens (including phenoxy) is 2. The van der Waals surface area contributed by atoms with Gasteiger partial charge in [0.25, 0.3) is 0 Å². The van der Waals surface area contributed by atoms with Crippen molar-refractivity contribution in [3.63, 3.8) is 0 Å². The summed E-state index contributed by atoms with van der Waals surface area (Å²) in [5.74, 6) is -0.0307. The molecule has 21 heavy (non-hydrogen) atoms. The quantitative estimate of drug-likeness (QED) is 0.835. The molecule has 0 saturated carbocycles. The molecule has 2 N–H and O–H groups in total. The summed E-state index contributed by atoms with van der Waals surface area (Å²) in [4.78, 5) is 14.6. The van der Waals surface area contributed by atoms with Crippen LogP contribution >= 0.6 is 11.3 Å². The molecule has 0 amide bonds. The van der Waals surface area contributed by atoms with Gasteiger partial charge in [-0.05, 0) is 13.3 Å². The van der Waals surface area contributed by atoms with E-state index in [0.717, 1.165) is 24.5 Å². The summed E-state index contributed by atoms with van der Waals surface area (Å²) >= 11 is 1.26. The maximum atomic E-state index is 12.1. The third-order valence-corrected chi connectivity index (χ3v) is 4.65. The van der Waals surface area contributed by atoms with Crippen molar-refractivity contribution < 1.29 is 14.3 Å². The number of methoxy groups -OCH3 is 1. The Hall–Kier alpha value is -1.78. The number of nitriles is 1. The highest BCUT2D eigenvalue weighted by Gasteiger charge is 2.31. The first-order valence-electron chi connectivity index (χ1n) is 6.85. The van der Waals surface area contributed by atoms with Crippen molar-refractivity contribution in [3.05, 3.63) is 10.4 Å². The van der Waals surface area contributed by atoms with Crippen molar-refractivity contribution in [1.82, 2.24) is 0 Å². The number of hydrogen-bond donors (Lipinski definition) is 1. The molecule has 0 aromatic carbocycles. The fourth-order valence-electron chi connectivity index (χ4n) is 2.53. The molecular formula is C14H19N3O3S. The van der Waals surface area contributed by atoms with Gasteiger partial charge in [0.05, 0.1) is 18.9 Å². The van der Waals surface area contributed by atoms with Gasteiger partial charge in [0.1, 0.15) is 21.5 Å². The second-order valence-corrected chi connectivity index (χ2v) is 5.91. The van der Waals surface area contributed by atoms with E-state index >= 15 is 0 Å². The van der Waals surface area contributed by atoms with Gasteiger partial charge < -0.3 is 20.1 Å². The number of rotatable bonds is 5. The van der Waals surface area contributed by atoms with Crippen LogP contribution in [-0.4, -0.2) is 39.4 Å². The van der Waals surface area contributed by atoms with Gasteiger partial charge in [-0.3, -0.25) is 0 Å². The second-order valence-electron chi connectivity index (χ2n) is 4.91. The van der Waals surface area contributed by atoms with Gasteiger partial charge in [-0.2, -0.15) is 5.26 Å². The zero-order valence-electron chi connectivity index (χ0n) is 12.2. The van der Waals surface area contributed by atoms with Crippen LogP contribution in [-0.2, 0) is 9.47 Å². The summed E-state index contributed by atoms with van der Waals surface area (Å²) in [6.07, 6.45) is 0.996. The second kappa shape index (κ2) is 6.78. The van der Waals surface area contributed by atoms with Crippen molar-refractivity contribution in [3.8, 4) is 6.07 Å². The Bertz CT molecular complexity index is 565. The summed E-state index contributed by atoms with van der Waals surface area (Å²) in [5.41, 5.74) is 6.50. The molecule has 114 valence electrons. The van der Waals surface area contributed by atoms with E-state index < -0.39 is 5.97 Å². The summed E-state index contributed by atoms with van der Waals surface area (Å²) in [5, 5.41) is 9.87. The summed E-state index contributed by atoms with van der Waals surface area (Å²) in [6.45, 7) is 4.34. The van der Waals surface area contributed by atoms with E-state index in [9.17, 15) is 4.79 Å². The molecule has 1 saturated heterocycles. The third-order valence-electron chi connectivity index (χ3n) is 3.48. The van der Waals surface area contributed by atoms with E-state index in [0.29, 0.717) is 23.0 Å². The van der Waals surface area contributed by atoms with Crippen LogP contribution in [0.5, 0.6) is 0 Å². The lowest BCUT2D eigenvalue weighted by molar-refractivity contribution is 0.0529. The SMILES string of the molecule is CCOC(=O)c1c(N2CCC(COC)C2)sc(C#N)c1N. The molecule has 1 aromatic rings. The fourth-order valence-corrected chi connectivity index (χ4v) is 3.57. The number of carbonyl (C=O) groups is 1. The largest absolute Gasteiger partial charge is 0.462 e. The van der Waals surface area contributed by atoms with Crippen molar-refractivity contribution >= 4 is 28.0 Å². The topological polar surface area (TPSA) is 88.6 Å². The Labute approximate surface area is 128 Å². The molecule has 1 aromatic heterocycles. The molecule has 0 bridgehead atoms. The van der Waals surface area contributed by atoms with Crippen molar-refractivity contribution in [2.75, 3.05) is 44.0 Å². The van der Waals surface area contributed by atoms with E-state index in [4.69, 9.17) is 20.5 Å².